The number of hydrogen-bond acceptors (Lipinski definition) is 12. The molecule has 14 nitrogen and oxygen atoms in total. The summed E-state index contributed by atoms with van der Waals surface area (Å²) in [6, 6.07) is -0.352. The fourth-order valence-electron chi connectivity index (χ4n) is 4.40. The van der Waals surface area contributed by atoms with Crippen LogP contribution in [0.4, 0.5) is 9.59 Å². The second kappa shape index (κ2) is 22.4. The van der Waals surface area contributed by atoms with Crippen LogP contribution in [0.1, 0.15) is 65.2 Å². The van der Waals surface area contributed by atoms with Gasteiger partial charge in [0, 0.05) is 37.3 Å². The number of unbranched alkanes of at least 4 members (excludes halogenated alkanes) is 2. The third-order valence-electron chi connectivity index (χ3n) is 6.62. The van der Waals surface area contributed by atoms with E-state index in [1.54, 1.807) is 9.80 Å². The number of nitrogens with zero attached hydrogens (tertiary/aromatic N) is 2. The van der Waals surface area contributed by atoms with Gasteiger partial charge in [-0.1, -0.05) is 39.8 Å². The Labute approximate surface area is 258 Å². The van der Waals surface area contributed by atoms with Crippen LogP contribution in [0, 0.1) is 0 Å². The highest BCUT2D eigenvalue weighted by atomic mass is 16.6. The first-order valence-electron chi connectivity index (χ1n) is 14.9. The van der Waals surface area contributed by atoms with E-state index in [1.807, 2.05) is 13.8 Å². The van der Waals surface area contributed by atoms with Crippen molar-refractivity contribution in [3.05, 3.63) is 25.3 Å². The zero-order valence-corrected chi connectivity index (χ0v) is 25.8. The molecule has 44 heavy (non-hydrogen) atoms. The van der Waals surface area contributed by atoms with Crippen LogP contribution in [0.25, 0.3) is 0 Å². The summed E-state index contributed by atoms with van der Waals surface area (Å²) < 4.78 is 29.8. The van der Waals surface area contributed by atoms with E-state index in [0.29, 0.717) is 19.5 Å². The highest BCUT2D eigenvalue weighted by Crippen LogP contribution is 2.28. The Kier molecular flexibility index (Phi) is 19.3. The molecule has 0 heterocycles. The van der Waals surface area contributed by atoms with Crippen LogP contribution in [0.15, 0.2) is 25.3 Å². The lowest BCUT2D eigenvalue weighted by Crippen LogP contribution is -2.50. The Bertz CT molecular complexity index is 896. The van der Waals surface area contributed by atoms with Crippen molar-refractivity contribution in [3.63, 3.8) is 0 Å². The molecule has 0 bridgehead atoms. The van der Waals surface area contributed by atoms with E-state index in [0.717, 1.165) is 57.1 Å². The molecule has 1 aliphatic carbocycles. The Morgan fingerprint density at radius 3 is 1.39 bits per heavy atom. The average Bonchev–Trinajstić information content (AvgIpc) is 3.03. The first kappa shape index (κ1) is 37.9. The Morgan fingerprint density at radius 1 is 0.636 bits per heavy atom. The number of carbonyl (C=O) groups is 6. The van der Waals surface area contributed by atoms with Crippen LogP contribution in [0.2, 0.25) is 0 Å². The van der Waals surface area contributed by atoms with Gasteiger partial charge in [-0.25, -0.2) is 28.8 Å². The molecule has 2 unspecified atom stereocenters. The van der Waals surface area contributed by atoms with Crippen molar-refractivity contribution in [2.45, 2.75) is 77.3 Å². The molecular weight excluding hydrogens is 580 g/mol. The monoisotopic (exact) mass is 626 g/mol. The van der Waals surface area contributed by atoms with E-state index in [-0.39, 0.29) is 38.5 Å². The van der Waals surface area contributed by atoms with Crippen LogP contribution < -0.4 is 0 Å². The van der Waals surface area contributed by atoms with Gasteiger partial charge in [0.25, 0.3) is 0 Å². The van der Waals surface area contributed by atoms with Crippen molar-refractivity contribution >= 4 is 36.1 Å². The normalized spacial score (nSPS) is 15.6. The zero-order valence-electron chi connectivity index (χ0n) is 25.8. The lowest BCUT2D eigenvalue weighted by molar-refractivity contribution is -0.156. The second-order valence-electron chi connectivity index (χ2n) is 9.86. The Hall–Kier alpha value is -4.10. The maximum Gasteiger partial charge on any atom is 0.410 e. The van der Waals surface area contributed by atoms with Crippen molar-refractivity contribution < 1.29 is 57.2 Å². The fraction of sp³-hybridized carbons (Fsp3) is 0.667. The first-order chi connectivity index (χ1) is 21.2. The van der Waals surface area contributed by atoms with Gasteiger partial charge in [0.05, 0.1) is 0 Å². The predicted molar refractivity (Wildman–Crippen MR) is 156 cm³/mol. The number of rotatable bonds is 20. The zero-order chi connectivity index (χ0) is 32.7. The van der Waals surface area contributed by atoms with E-state index in [9.17, 15) is 28.8 Å². The summed E-state index contributed by atoms with van der Waals surface area (Å²) in [5, 5.41) is 0. The molecule has 1 rings (SSSR count). The summed E-state index contributed by atoms with van der Waals surface area (Å²) >= 11 is 0. The second-order valence-corrected chi connectivity index (χ2v) is 9.86. The van der Waals surface area contributed by atoms with E-state index in [1.165, 1.54) is 0 Å². The van der Waals surface area contributed by atoms with Gasteiger partial charge in [-0.05, 0) is 38.5 Å². The van der Waals surface area contributed by atoms with Crippen LogP contribution in [0.3, 0.4) is 0 Å². The largest absolute Gasteiger partial charge is 0.460 e. The van der Waals surface area contributed by atoms with E-state index in [4.69, 9.17) is 18.9 Å². The van der Waals surface area contributed by atoms with Gasteiger partial charge >= 0.3 is 36.1 Å². The van der Waals surface area contributed by atoms with Gasteiger partial charge in [-0.15, -0.1) is 0 Å². The maximum absolute atomic E-state index is 13.1. The van der Waals surface area contributed by atoms with E-state index >= 15 is 0 Å². The van der Waals surface area contributed by atoms with Crippen LogP contribution in [-0.4, -0.2) is 111 Å². The highest BCUT2D eigenvalue weighted by Gasteiger charge is 2.35. The van der Waals surface area contributed by atoms with Crippen molar-refractivity contribution in [1.29, 1.82) is 0 Å². The number of ether oxygens (including phenoxy) is 6. The smallest absolute Gasteiger partial charge is 0.410 e. The van der Waals surface area contributed by atoms with Crippen molar-refractivity contribution in [3.8, 4) is 0 Å². The molecule has 1 aliphatic rings. The summed E-state index contributed by atoms with van der Waals surface area (Å²) in [6.07, 6.45) is 6.79. The molecule has 2 amide bonds. The molecule has 0 aliphatic heterocycles. The van der Waals surface area contributed by atoms with Gasteiger partial charge in [0.1, 0.15) is 26.4 Å². The molecule has 1 saturated carbocycles. The Balaban J connectivity index is 2.70. The third-order valence-corrected chi connectivity index (χ3v) is 6.62. The molecule has 2 atom stereocenters. The summed E-state index contributed by atoms with van der Waals surface area (Å²) in [5.74, 6) is -3.06. The van der Waals surface area contributed by atoms with E-state index in [2.05, 4.69) is 22.6 Å². The summed E-state index contributed by atoms with van der Waals surface area (Å²) in [6.45, 7) is 9.56. The van der Waals surface area contributed by atoms with Crippen LogP contribution in [0.5, 0.6) is 0 Å². The SMILES string of the molecule is C=CC(=O)OCC(=O)OCCOC(=O)N(CCCC)C1CCCC(N(CCCC)C(=O)OCCOC(=O)COC(=O)C=C)C1. The first-order valence-corrected chi connectivity index (χ1v) is 14.9. The summed E-state index contributed by atoms with van der Waals surface area (Å²) in [4.78, 5) is 74.9. The lowest BCUT2D eigenvalue weighted by Gasteiger charge is -2.41. The molecule has 0 N–H and O–H groups in total. The minimum Gasteiger partial charge on any atom is -0.460 e. The number of carbonyl (C=O) groups excluding carboxylic acids is 6. The fourth-order valence-corrected chi connectivity index (χ4v) is 4.40. The minimum atomic E-state index is -0.777. The van der Waals surface area contributed by atoms with Crippen molar-refractivity contribution in [2.75, 3.05) is 52.7 Å². The standard InChI is InChI=1S/C30H46N2O12/c1-5-9-14-31(29(37)41-18-16-39-27(35)21-43-25(33)7-3)23-12-11-13-24(20-23)32(15-10-6-2)30(38)42-19-17-40-28(36)22-44-26(34)8-4/h7-8,23-24H,3-6,9-22H2,1-2H3. The molecule has 1 fully saturated rings. The highest BCUT2D eigenvalue weighted by molar-refractivity contribution is 5.84. The average molecular weight is 627 g/mol. The van der Waals surface area contributed by atoms with Gasteiger partial charge in [-0.2, -0.15) is 0 Å². The number of hydrogen-bond donors (Lipinski definition) is 0. The van der Waals surface area contributed by atoms with E-state index < -0.39 is 49.3 Å². The number of amides is 2. The van der Waals surface area contributed by atoms with Crippen molar-refractivity contribution in [1.82, 2.24) is 9.80 Å². The molecule has 0 radical (unpaired) electrons. The third kappa shape index (κ3) is 15.4. The topological polar surface area (TPSA) is 164 Å². The minimum absolute atomic E-state index is 0.172. The maximum atomic E-state index is 13.1. The quantitative estimate of drug-likeness (QED) is 0.0839. The predicted octanol–water partition coefficient (Wildman–Crippen LogP) is 3.32. The van der Waals surface area contributed by atoms with Gasteiger partial charge in [0.15, 0.2) is 13.2 Å². The molecule has 248 valence electrons. The van der Waals surface area contributed by atoms with Gasteiger partial charge in [-0.3, -0.25) is 0 Å². The van der Waals surface area contributed by atoms with Crippen molar-refractivity contribution in [2.24, 2.45) is 0 Å². The summed E-state index contributed by atoms with van der Waals surface area (Å²) in [7, 11) is 0. The Morgan fingerprint density at radius 2 is 1.02 bits per heavy atom. The van der Waals surface area contributed by atoms with Gasteiger partial charge in [0.2, 0.25) is 0 Å². The molecule has 0 saturated heterocycles. The van der Waals surface area contributed by atoms with Crippen LogP contribution in [-0.2, 0) is 47.6 Å². The number of esters is 4. The van der Waals surface area contributed by atoms with Crippen LogP contribution >= 0.6 is 0 Å². The molecular formula is C30H46N2O12. The molecule has 0 aromatic heterocycles. The lowest BCUT2D eigenvalue weighted by atomic mass is 9.89. The van der Waals surface area contributed by atoms with Gasteiger partial charge < -0.3 is 38.2 Å². The molecule has 0 aromatic carbocycles. The molecule has 0 aromatic rings. The molecule has 0 spiro atoms. The molecule has 14 heteroatoms. The summed E-state index contributed by atoms with van der Waals surface area (Å²) in [5.41, 5.74) is 0.